The maximum Gasteiger partial charge on any atom is 0.274 e. The quantitative estimate of drug-likeness (QED) is 0.781. The third-order valence-electron chi connectivity index (χ3n) is 4.64. The van der Waals surface area contributed by atoms with Crippen LogP contribution in [0.25, 0.3) is 10.6 Å². The molecule has 3 aromatic heterocycles. The topological polar surface area (TPSA) is 66.8 Å². The predicted octanol–water partition coefficient (Wildman–Crippen LogP) is 3.55. The first kappa shape index (κ1) is 16.1. The summed E-state index contributed by atoms with van der Waals surface area (Å²) in [5, 5.41) is 11.8. The Balaban J connectivity index is 1.59. The van der Waals surface area contributed by atoms with Crippen LogP contribution in [0.15, 0.2) is 30.5 Å². The lowest BCUT2D eigenvalue weighted by Gasteiger charge is -2.34. The van der Waals surface area contributed by atoms with Crippen molar-refractivity contribution in [2.24, 2.45) is 7.05 Å². The van der Waals surface area contributed by atoms with Crippen LogP contribution in [0.1, 0.15) is 46.4 Å². The predicted molar refractivity (Wildman–Crippen MR) is 97.5 cm³/mol. The molecule has 1 atom stereocenters. The molecule has 6 nitrogen and oxygen atoms in total. The van der Waals surface area contributed by atoms with Crippen molar-refractivity contribution in [3.8, 4) is 10.6 Å². The first-order valence-corrected chi connectivity index (χ1v) is 9.36. The van der Waals surface area contributed by atoms with Crippen LogP contribution >= 0.6 is 11.3 Å². The Morgan fingerprint density at radius 3 is 2.92 bits per heavy atom. The van der Waals surface area contributed by atoms with Gasteiger partial charge in [0.2, 0.25) is 0 Å². The summed E-state index contributed by atoms with van der Waals surface area (Å²) in [6.07, 6.45) is 5.02. The van der Waals surface area contributed by atoms with Crippen LogP contribution in [0.4, 0.5) is 0 Å². The number of carbonyl (C=O) groups excluding carboxylic acids is 1. The zero-order valence-electron chi connectivity index (χ0n) is 14.4. The second kappa shape index (κ2) is 6.48. The highest BCUT2D eigenvalue weighted by Crippen LogP contribution is 2.32. The number of aryl methyl sites for hydroxylation is 2. The summed E-state index contributed by atoms with van der Waals surface area (Å²) in [7, 11) is 1.90. The molecule has 0 spiro atoms. The summed E-state index contributed by atoms with van der Waals surface area (Å²) in [5.41, 5.74) is 2.33. The summed E-state index contributed by atoms with van der Waals surface area (Å²) >= 11 is 1.69. The monoisotopic (exact) mass is 355 g/mol. The SMILES string of the molecule is Cc1ccc(-c2cc(C(=O)N3CCCC[C@H]3c3ccn(C)n3)n[nH]2)s1. The standard InChI is InChI=1S/C18H21N5OS/c1-12-6-7-17(25-12)14-11-15(20-19-14)18(24)23-9-4-3-5-16(23)13-8-10-22(2)21-13/h6-8,10-11,16H,3-5,9H2,1-2H3,(H,19,20)/t16-/m0/s1. The van der Waals surface area contributed by atoms with Gasteiger partial charge in [0.25, 0.3) is 5.91 Å². The van der Waals surface area contributed by atoms with Crippen LogP contribution in [-0.2, 0) is 7.05 Å². The Morgan fingerprint density at radius 2 is 2.20 bits per heavy atom. The molecular formula is C18H21N5OS. The third-order valence-corrected chi connectivity index (χ3v) is 5.68. The lowest BCUT2D eigenvalue weighted by atomic mass is 9.99. The molecule has 0 saturated carbocycles. The summed E-state index contributed by atoms with van der Waals surface area (Å²) in [5.74, 6) is -0.0221. The zero-order chi connectivity index (χ0) is 17.4. The molecule has 0 radical (unpaired) electrons. The maximum atomic E-state index is 13.1. The molecule has 7 heteroatoms. The van der Waals surface area contributed by atoms with Crippen molar-refractivity contribution >= 4 is 17.2 Å². The Kier molecular flexibility index (Phi) is 4.17. The summed E-state index contributed by atoms with van der Waals surface area (Å²) in [4.78, 5) is 17.3. The van der Waals surface area contributed by atoms with E-state index >= 15 is 0 Å². The van der Waals surface area contributed by atoms with Crippen molar-refractivity contribution in [3.05, 3.63) is 46.7 Å². The molecule has 1 aliphatic rings. The molecule has 0 bridgehead atoms. The summed E-state index contributed by atoms with van der Waals surface area (Å²) in [6, 6.07) is 8.02. The molecule has 25 heavy (non-hydrogen) atoms. The van der Waals surface area contributed by atoms with E-state index in [-0.39, 0.29) is 11.9 Å². The Labute approximate surface area is 150 Å². The highest BCUT2D eigenvalue weighted by Gasteiger charge is 2.31. The molecule has 1 saturated heterocycles. The minimum absolute atomic E-state index is 0.0221. The molecule has 0 unspecified atom stereocenters. The van der Waals surface area contributed by atoms with Crippen LogP contribution in [-0.4, -0.2) is 37.3 Å². The molecule has 1 aliphatic heterocycles. The Hall–Kier alpha value is -2.41. The zero-order valence-corrected chi connectivity index (χ0v) is 15.2. The summed E-state index contributed by atoms with van der Waals surface area (Å²) < 4.78 is 1.79. The molecule has 4 rings (SSSR count). The molecule has 0 aliphatic carbocycles. The second-order valence-electron chi connectivity index (χ2n) is 6.50. The highest BCUT2D eigenvalue weighted by molar-refractivity contribution is 7.15. The van der Waals surface area contributed by atoms with Gasteiger partial charge in [0, 0.05) is 24.7 Å². The molecule has 0 aromatic carbocycles. The van der Waals surface area contributed by atoms with E-state index in [2.05, 4.69) is 34.4 Å². The molecule has 130 valence electrons. The Bertz CT molecular complexity index is 893. The van der Waals surface area contributed by atoms with Crippen molar-refractivity contribution in [2.45, 2.75) is 32.2 Å². The number of aromatic nitrogens is 4. The van der Waals surface area contributed by atoms with Crippen molar-refractivity contribution in [2.75, 3.05) is 6.54 Å². The van der Waals surface area contributed by atoms with Gasteiger partial charge in [0.05, 0.1) is 22.3 Å². The number of carbonyl (C=O) groups is 1. The molecule has 4 heterocycles. The van der Waals surface area contributed by atoms with Gasteiger partial charge in [-0.15, -0.1) is 11.3 Å². The van der Waals surface area contributed by atoms with E-state index in [4.69, 9.17) is 0 Å². The van der Waals surface area contributed by atoms with Crippen LogP contribution in [0.3, 0.4) is 0 Å². The van der Waals surface area contributed by atoms with E-state index in [1.54, 1.807) is 16.0 Å². The number of hydrogen-bond donors (Lipinski definition) is 1. The number of hydrogen-bond acceptors (Lipinski definition) is 4. The van der Waals surface area contributed by atoms with Crippen LogP contribution in [0, 0.1) is 6.92 Å². The molecule has 3 aromatic rings. The number of piperidine rings is 1. The first-order valence-electron chi connectivity index (χ1n) is 8.54. The van der Waals surface area contributed by atoms with Gasteiger partial charge in [0.1, 0.15) is 0 Å². The van der Waals surface area contributed by atoms with E-state index in [0.29, 0.717) is 5.69 Å². The van der Waals surface area contributed by atoms with E-state index < -0.39 is 0 Å². The van der Waals surface area contributed by atoms with Crippen LogP contribution in [0.5, 0.6) is 0 Å². The van der Waals surface area contributed by atoms with Gasteiger partial charge in [0.15, 0.2) is 5.69 Å². The van der Waals surface area contributed by atoms with Crippen molar-refractivity contribution < 1.29 is 4.79 Å². The van der Waals surface area contributed by atoms with E-state index in [0.717, 1.165) is 42.1 Å². The van der Waals surface area contributed by atoms with Crippen LogP contribution < -0.4 is 0 Å². The van der Waals surface area contributed by atoms with Crippen molar-refractivity contribution in [3.63, 3.8) is 0 Å². The van der Waals surface area contributed by atoms with Gasteiger partial charge < -0.3 is 4.90 Å². The van der Waals surface area contributed by atoms with E-state index in [1.807, 2.05) is 30.3 Å². The van der Waals surface area contributed by atoms with Gasteiger partial charge in [-0.1, -0.05) is 0 Å². The highest BCUT2D eigenvalue weighted by atomic mass is 32.1. The fraction of sp³-hybridized carbons (Fsp3) is 0.389. The molecule has 1 amide bonds. The largest absolute Gasteiger partial charge is 0.329 e. The molecular weight excluding hydrogens is 334 g/mol. The van der Waals surface area contributed by atoms with Crippen molar-refractivity contribution in [1.29, 1.82) is 0 Å². The number of aromatic amines is 1. The fourth-order valence-electron chi connectivity index (χ4n) is 3.38. The van der Waals surface area contributed by atoms with Gasteiger partial charge in [-0.3, -0.25) is 14.6 Å². The number of likely N-dealkylation sites (tertiary alicyclic amines) is 1. The van der Waals surface area contributed by atoms with Gasteiger partial charge >= 0.3 is 0 Å². The number of thiophene rings is 1. The smallest absolute Gasteiger partial charge is 0.274 e. The van der Waals surface area contributed by atoms with Crippen molar-refractivity contribution in [1.82, 2.24) is 24.9 Å². The number of rotatable bonds is 3. The second-order valence-corrected chi connectivity index (χ2v) is 7.79. The average molecular weight is 355 g/mol. The Morgan fingerprint density at radius 1 is 1.32 bits per heavy atom. The number of nitrogens with zero attached hydrogens (tertiary/aromatic N) is 4. The third kappa shape index (κ3) is 3.11. The van der Waals surface area contributed by atoms with E-state index in [1.165, 1.54) is 4.88 Å². The average Bonchev–Trinajstić information content (AvgIpc) is 3.34. The maximum absolute atomic E-state index is 13.1. The van der Waals surface area contributed by atoms with Crippen LogP contribution in [0.2, 0.25) is 0 Å². The van der Waals surface area contributed by atoms with Gasteiger partial charge in [-0.25, -0.2) is 0 Å². The fourth-order valence-corrected chi connectivity index (χ4v) is 4.21. The normalized spacial score (nSPS) is 17.8. The lowest BCUT2D eigenvalue weighted by molar-refractivity contribution is 0.0599. The number of H-pyrrole nitrogens is 1. The minimum atomic E-state index is -0.0221. The number of amides is 1. The molecule has 1 fully saturated rings. The minimum Gasteiger partial charge on any atom is -0.329 e. The number of nitrogens with one attached hydrogen (secondary N) is 1. The summed E-state index contributed by atoms with van der Waals surface area (Å²) in [6.45, 7) is 2.82. The first-order chi connectivity index (χ1) is 12.1. The van der Waals surface area contributed by atoms with Gasteiger partial charge in [-0.05, 0) is 50.5 Å². The van der Waals surface area contributed by atoms with E-state index in [9.17, 15) is 4.79 Å². The van der Waals surface area contributed by atoms with Gasteiger partial charge in [-0.2, -0.15) is 10.2 Å². The molecule has 1 N–H and O–H groups in total. The lowest BCUT2D eigenvalue weighted by Crippen LogP contribution is -2.39.